The van der Waals surface area contributed by atoms with Gasteiger partial charge in [-0.15, -0.1) is 6.58 Å². The van der Waals surface area contributed by atoms with Crippen LogP contribution in [0.2, 0.25) is 0 Å². The van der Waals surface area contributed by atoms with Gasteiger partial charge in [0.2, 0.25) is 0 Å². The Morgan fingerprint density at radius 3 is 3.00 bits per heavy atom. The van der Waals surface area contributed by atoms with Crippen molar-refractivity contribution in [3.8, 4) is 5.75 Å². The van der Waals surface area contributed by atoms with Crippen molar-refractivity contribution in [1.82, 2.24) is 5.32 Å². The molecule has 1 aromatic carbocycles. The molecular weight excluding hydrogens is 276 g/mol. The van der Waals surface area contributed by atoms with E-state index in [9.17, 15) is 9.90 Å². The van der Waals surface area contributed by atoms with Crippen molar-refractivity contribution in [1.29, 1.82) is 0 Å². The van der Waals surface area contributed by atoms with E-state index in [0.717, 1.165) is 0 Å². The highest BCUT2D eigenvalue weighted by Gasteiger charge is 2.11. The van der Waals surface area contributed by atoms with Crippen LogP contribution in [-0.4, -0.2) is 23.0 Å². The monoisotopic (exact) mass is 288 g/mol. The standard InChI is InChI=1S/C14H12N2O3S/c1-2-7-15-14(20)16-8-10-12(17)9-5-3-4-6-11(9)19-13(10)18/h2-6,8,17H,1,7H2,(H,15,20). The zero-order chi connectivity index (χ0) is 14.5. The minimum Gasteiger partial charge on any atom is -0.506 e. The second-order valence-electron chi connectivity index (χ2n) is 3.88. The highest BCUT2D eigenvalue weighted by atomic mass is 32.1. The molecule has 20 heavy (non-hydrogen) atoms. The number of aliphatic imine (C=N–C) groups is 1. The van der Waals surface area contributed by atoms with Gasteiger partial charge in [0, 0.05) is 12.8 Å². The Morgan fingerprint density at radius 2 is 2.25 bits per heavy atom. The minimum atomic E-state index is -0.670. The number of fused-ring (bicyclic) bond motifs is 1. The van der Waals surface area contributed by atoms with Gasteiger partial charge in [0.05, 0.1) is 5.39 Å². The third-order valence-corrected chi connectivity index (χ3v) is 2.78. The van der Waals surface area contributed by atoms with E-state index in [1.54, 1.807) is 30.3 Å². The zero-order valence-corrected chi connectivity index (χ0v) is 11.3. The molecule has 6 heteroatoms. The van der Waals surface area contributed by atoms with E-state index in [-0.39, 0.29) is 16.4 Å². The van der Waals surface area contributed by atoms with Crippen LogP contribution in [0.5, 0.6) is 5.75 Å². The summed E-state index contributed by atoms with van der Waals surface area (Å²) >= 11 is 4.93. The fourth-order valence-electron chi connectivity index (χ4n) is 1.59. The number of aromatic hydroxyl groups is 1. The normalized spacial score (nSPS) is 10.8. The summed E-state index contributed by atoms with van der Waals surface area (Å²) < 4.78 is 5.10. The molecule has 0 radical (unpaired) electrons. The molecule has 0 atom stereocenters. The molecule has 0 amide bonds. The van der Waals surface area contributed by atoms with Crippen molar-refractivity contribution in [2.75, 3.05) is 6.54 Å². The van der Waals surface area contributed by atoms with Crippen LogP contribution in [0.15, 0.2) is 51.1 Å². The molecule has 2 rings (SSSR count). The molecule has 2 N–H and O–H groups in total. The van der Waals surface area contributed by atoms with Gasteiger partial charge in [0.25, 0.3) is 0 Å². The first-order chi connectivity index (χ1) is 9.63. The third-order valence-electron chi connectivity index (χ3n) is 2.53. The van der Waals surface area contributed by atoms with Gasteiger partial charge >= 0.3 is 5.63 Å². The molecule has 102 valence electrons. The Balaban J connectivity index is 2.40. The fraction of sp³-hybridized carbons (Fsp3) is 0.0714. The van der Waals surface area contributed by atoms with Gasteiger partial charge in [-0.05, 0) is 24.4 Å². The van der Waals surface area contributed by atoms with Crippen molar-refractivity contribution in [3.63, 3.8) is 0 Å². The summed E-state index contributed by atoms with van der Waals surface area (Å²) in [6.45, 7) is 4.00. The maximum Gasteiger partial charge on any atom is 0.348 e. The highest BCUT2D eigenvalue weighted by molar-refractivity contribution is 7.80. The Bertz CT molecular complexity index is 750. The summed E-state index contributed by atoms with van der Waals surface area (Å²) in [5.74, 6) is -0.174. The van der Waals surface area contributed by atoms with Crippen molar-refractivity contribution < 1.29 is 9.52 Å². The van der Waals surface area contributed by atoms with Crippen LogP contribution in [-0.2, 0) is 0 Å². The van der Waals surface area contributed by atoms with Crippen LogP contribution in [0.3, 0.4) is 0 Å². The van der Waals surface area contributed by atoms with E-state index in [1.807, 2.05) is 0 Å². The van der Waals surface area contributed by atoms with Gasteiger partial charge in [0.1, 0.15) is 16.9 Å². The number of nitrogens with zero attached hydrogens (tertiary/aromatic N) is 1. The molecule has 0 aliphatic carbocycles. The Morgan fingerprint density at radius 1 is 1.50 bits per heavy atom. The smallest absolute Gasteiger partial charge is 0.348 e. The first-order valence-electron chi connectivity index (χ1n) is 5.81. The maximum atomic E-state index is 11.8. The van der Waals surface area contributed by atoms with Crippen molar-refractivity contribution in [2.24, 2.45) is 4.99 Å². The molecule has 0 saturated carbocycles. The maximum absolute atomic E-state index is 11.8. The molecule has 5 nitrogen and oxygen atoms in total. The van der Waals surface area contributed by atoms with Gasteiger partial charge in [-0.25, -0.2) is 9.79 Å². The molecule has 0 spiro atoms. The number of thiocarbonyl (C=S) groups is 1. The van der Waals surface area contributed by atoms with Gasteiger partial charge < -0.3 is 14.8 Å². The minimum absolute atomic E-state index is 0.0357. The van der Waals surface area contributed by atoms with E-state index in [0.29, 0.717) is 17.5 Å². The first-order valence-corrected chi connectivity index (χ1v) is 6.22. The summed E-state index contributed by atoms with van der Waals surface area (Å²) in [5.41, 5.74) is -0.387. The first kappa shape index (κ1) is 14.0. The molecule has 0 aliphatic rings. The fourth-order valence-corrected chi connectivity index (χ4v) is 1.73. The molecule has 0 saturated heterocycles. The third kappa shape index (κ3) is 2.92. The molecule has 1 heterocycles. The van der Waals surface area contributed by atoms with E-state index < -0.39 is 5.63 Å². The average molecular weight is 288 g/mol. The molecular formula is C14H12N2O3S. The summed E-state index contributed by atoms with van der Waals surface area (Å²) in [7, 11) is 0. The second-order valence-corrected chi connectivity index (χ2v) is 4.27. The number of para-hydroxylation sites is 1. The van der Waals surface area contributed by atoms with Crippen LogP contribution in [0.1, 0.15) is 5.56 Å². The Labute approximate surface area is 120 Å². The predicted octanol–water partition coefficient (Wildman–Crippen LogP) is 1.98. The highest BCUT2D eigenvalue weighted by Crippen LogP contribution is 2.24. The number of hydrogen-bond donors (Lipinski definition) is 2. The van der Waals surface area contributed by atoms with Crippen LogP contribution < -0.4 is 10.9 Å². The average Bonchev–Trinajstić information content (AvgIpc) is 2.45. The number of rotatable bonds is 3. The Kier molecular flexibility index (Phi) is 4.27. The topological polar surface area (TPSA) is 74.8 Å². The lowest BCUT2D eigenvalue weighted by Gasteiger charge is -2.02. The van der Waals surface area contributed by atoms with Crippen molar-refractivity contribution in [3.05, 3.63) is 52.9 Å². The van der Waals surface area contributed by atoms with Gasteiger partial charge in [-0.2, -0.15) is 0 Å². The lowest BCUT2D eigenvalue weighted by Crippen LogP contribution is -2.19. The molecule has 0 unspecified atom stereocenters. The van der Waals surface area contributed by atoms with Gasteiger partial charge in [-0.3, -0.25) is 0 Å². The largest absolute Gasteiger partial charge is 0.506 e. The molecule has 0 aliphatic heterocycles. The summed E-state index contributed by atoms with van der Waals surface area (Å²) in [4.78, 5) is 15.7. The van der Waals surface area contributed by atoms with Crippen LogP contribution in [0.25, 0.3) is 11.0 Å². The van der Waals surface area contributed by atoms with E-state index in [2.05, 4.69) is 16.9 Å². The van der Waals surface area contributed by atoms with Gasteiger partial charge in [0.15, 0.2) is 5.11 Å². The number of hydrogen-bond acceptors (Lipinski definition) is 4. The lowest BCUT2D eigenvalue weighted by molar-refractivity contribution is 0.466. The van der Waals surface area contributed by atoms with Gasteiger partial charge in [-0.1, -0.05) is 18.2 Å². The predicted molar refractivity (Wildman–Crippen MR) is 82.5 cm³/mol. The molecule has 0 fully saturated rings. The number of nitrogens with one attached hydrogen (secondary N) is 1. The lowest BCUT2D eigenvalue weighted by atomic mass is 10.1. The second kappa shape index (κ2) is 6.12. The van der Waals surface area contributed by atoms with Crippen molar-refractivity contribution in [2.45, 2.75) is 0 Å². The van der Waals surface area contributed by atoms with Crippen LogP contribution >= 0.6 is 12.2 Å². The Hall–Kier alpha value is -2.47. The molecule has 1 aromatic heterocycles. The van der Waals surface area contributed by atoms with Crippen LogP contribution in [0.4, 0.5) is 0 Å². The number of benzene rings is 1. The summed E-state index contributed by atoms with van der Waals surface area (Å²) in [6.07, 6.45) is 2.82. The molecule has 2 aromatic rings. The molecule has 0 bridgehead atoms. The zero-order valence-electron chi connectivity index (χ0n) is 10.5. The van der Waals surface area contributed by atoms with E-state index in [4.69, 9.17) is 16.6 Å². The van der Waals surface area contributed by atoms with E-state index >= 15 is 0 Å². The van der Waals surface area contributed by atoms with E-state index in [1.165, 1.54) is 6.21 Å². The van der Waals surface area contributed by atoms with Crippen molar-refractivity contribution >= 4 is 34.5 Å². The quantitative estimate of drug-likeness (QED) is 0.391. The van der Waals surface area contributed by atoms with Crippen LogP contribution in [0, 0.1) is 0 Å². The summed E-state index contributed by atoms with van der Waals surface area (Å²) in [5, 5.41) is 13.5. The summed E-state index contributed by atoms with van der Waals surface area (Å²) in [6, 6.07) is 6.71. The SMILES string of the molecule is C=CCNC(=S)N=Cc1c(O)c2ccccc2oc1=O.